The summed E-state index contributed by atoms with van der Waals surface area (Å²) in [6.07, 6.45) is 11.9. The number of ether oxygens (including phenoxy) is 2. The predicted octanol–water partition coefficient (Wildman–Crippen LogP) is 3.75. The number of rotatable bonds is 16. The van der Waals surface area contributed by atoms with E-state index in [2.05, 4.69) is 16.4 Å². The van der Waals surface area contributed by atoms with Crippen LogP contribution in [0.4, 0.5) is 0 Å². The molecule has 0 atom stereocenters. The number of aryl methyl sites for hydroxylation is 2. The Kier molecular flexibility index (Phi) is 10.6. The summed E-state index contributed by atoms with van der Waals surface area (Å²) in [5.74, 6) is 1.57. The summed E-state index contributed by atoms with van der Waals surface area (Å²) in [4.78, 5) is 29.4. The third-order valence-electron chi connectivity index (χ3n) is 6.74. The maximum atomic E-state index is 12.7. The van der Waals surface area contributed by atoms with Crippen molar-refractivity contribution in [2.45, 2.75) is 70.9 Å². The molecule has 9 heteroatoms. The molecule has 1 N–H and O–H groups in total. The van der Waals surface area contributed by atoms with Crippen LogP contribution in [0.2, 0.25) is 0 Å². The number of para-hydroxylation sites is 1. The minimum atomic E-state index is -0.289. The van der Waals surface area contributed by atoms with Crippen LogP contribution in [0.1, 0.15) is 63.4 Å². The lowest BCUT2D eigenvalue weighted by molar-refractivity contribution is 0.350. The Labute approximate surface area is 213 Å². The van der Waals surface area contributed by atoms with E-state index in [0.29, 0.717) is 17.7 Å². The van der Waals surface area contributed by atoms with E-state index < -0.39 is 0 Å². The lowest BCUT2D eigenvalue weighted by Gasteiger charge is -2.13. The van der Waals surface area contributed by atoms with Crippen LogP contribution < -0.4 is 26.0 Å². The molecule has 2 heterocycles. The van der Waals surface area contributed by atoms with Crippen LogP contribution in [0.3, 0.4) is 0 Å². The lowest BCUT2D eigenvalue weighted by Crippen LogP contribution is -2.39. The van der Waals surface area contributed by atoms with E-state index in [9.17, 15) is 9.59 Å². The summed E-state index contributed by atoms with van der Waals surface area (Å²) in [5.41, 5.74) is 1.50. The lowest BCUT2D eigenvalue weighted by atomic mass is 10.1. The Balaban J connectivity index is 1.24. The topological polar surface area (TPSA) is 92.3 Å². The number of nitrogens with one attached hydrogen (secondary N) is 1. The van der Waals surface area contributed by atoms with Crippen molar-refractivity contribution in [1.29, 1.82) is 0 Å². The van der Waals surface area contributed by atoms with Crippen molar-refractivity contribution >= 4 is 11.2 Å². The number of imidazole rings is 1. The zero-order valence-electron chi connectivity index (χ0n) is 22.2. The van der Waals surface area contributed by atoms with Gasteiger partial charge in [0.15, 0.2) is 22.7 Å². The summed E-state index contributed by atoms with van der Waals surface area (Å²) in [6.45, 7) is 2.22. The molecule has 9 nitrogen and oxygen atoms in total. The Morgan fingerprint density at radius 1 is 0.889 bits per heavy atom. The van der Waals surface area contributed by atoms with Crippen LogP contribution in [-0.2, 0) is 27.2 Å². The Morgan fingerprint density at radius 3 is 2.22 bits per heavy atom. The number of hydrogen-bond acceptors (Lipinski definition) is 6. The molecule has 0 bridgehead atoms. The number of hydrogen-bond donors (Lipinski definition) is 1. The summed E-state index contributed by atoms with van der Waals surface area (Å²) in [7, 11) is 6.78. The Hall–Kier alpha value is -3.07. The van der Waals surface area contributed by atoms with Gasteiger partial charge in [-0.2, -0.15) is 0 Å². The summed E-state index contributed by atoms with van der Waals surface area (Å²) in [6, 6.07) is 5.96. The summed E-state index contributed by atoms with van der Waals surface area (Å²) >= 11 is 0. The van der Waals surface area contributed by atoms with Crippen LogP contribution in [0.5, 0.6) is 11.5 Å². The molecular formula is C27H41N5O4. The highest BCUT2D eigenvalue weighted by atomic mass is 16.5. The smallest absolute Gasteiger partial charge is 0.332 e. The second-order valence-electron chi connectivity index (χ2n) is 9.34. The van der Waals surface area contributed by atoms with Crippen molar-refractivity contribution in [3.63, 3.8) is 0 Å². The molecule has 198 valence electrons. The normalized spacial score (nSPS) is 11.3. The first kappa shape index (κ1) is 27.5. The third-order valence-corrected chi connectivity index (χ3v) is 6.74. The monoisotopic (exact) mass is 499 g/mol. The molecule has 3 rings (SSSR count). The fraction of sp³-hybridized carbons (Fsp3) is 0.593. The van der Waals surface area contributed by atoms with Crippen molar-refractivity contribution < 1.29 is 9.47 Å². The maximum absolute atomic E-state index is 12.7. The molecule has 36 heavy (non-hydrogen) atoms. The van der Waals surface area contributed by atoms with E-state index >= 15 is 0 Å². The van der Waals surface area contributed by atoms with Gasteiger partial charge in [-0.3, -0.25) is 13.9 Å². The van der Waals surface area contributed by atoms with E-state index in [-0.39, 0.29) is 11.2 Å². The zero-order valence-corrected chi connectivity index (χ0v) is 22.2. The van der Waals surface area contributed by atoms with Gasteiger partial charge in [0.25, 0.3) is 5.56 Å². The fourth-order valence-electron chi connectivity index (χ4n) is 4.67. The number of aromatic nitrogens is 4. The molecule has 0 unspecified atom stereocenters. The first-order chi connectivity index (χ1) is 17.5. The van der Waals surface area contributed by atoms with E-state index in [4.69, 9.17) is 9.47 Å². The number of methoxy groups -OCH3 is 2. The molecule has 2 aromatic heterocycles. The van der Waals surface area contributed by atoms with Crippen LogP contribution in [-0.4, -0.2) is 39.4 Å². The van der Waals surface area contributed by atoms with E-state index in [1.165, 1.54) is 41.2 Å². The van der Waals surface area contributed by atoms with Gasteiger partial charge in [-0.1, -0.05) is 57.1 Å². The van der Waals surface area contributed by atoms with Crippen LogP contribution in [0.25, 0.3) is 11.2 Å². The minimum Gasteiger partial charge on any atom is -0.493 e. The van der Waals surface area contributed by atoms with Crippen molar-refractivity contribution in [3.8, 4) is 11.5 Å². The van der Waals surface area contributed by atoms with E-state index in [1.807, 2.05) is 12.1 Å². The molecule has 0 saturated carbocycles. The zero-order chi connectivity index (χ0) is 25.9. The van der Waals surface area contributed by atoms with Gasteiger partial charge in [0, 0.05) is 32.7 Å². The third kappa shape index (κ3) is 6.78. The van der Waals surface area contributed by atoms with Gasteiger partial charge in [-0.05, 0) is 25.5 Å². The highest BCUT2D eigenvalue weighted by molar-refractivity contribution is 5.69. The average molecular weight is 500 g/mol. The van der Waals surface area contributed by atoms with Crippen LogP contribution in [0.15, 0.2) is 34.1 Å². The molecule has 0 aliphatic carbocycles. The number of nitrogens with zero attached hydrogens (tertiary/aromatic N) is 4. The van der Waals surface area contributed by atoms with Gasteiger partial charge < -0.3 is 19.4 Å². The molecule has 1 aromatic carbocycles. The summed E-state index contributed by atoms with van der Waals surface area (Å²) < 4.78 is 15.3. The van der Waals surface area contributed by atoms with E-state index in [1.54, 1.807) is 39.2 Å². The van der Waals surface area contributed by atoms with Crippen LogP contribution >= 0.6 is 0 Å². The van der Waals surface area contributed by atoms with Crippen molar-refractivity contribution in [2.24, 2.45) is 14.1 Å². The summed E-state index contributed by atoms with van der Waals surface area (Å²) in [5, 5.41) is 3.50. The van der Waals surface area contributed by atoms with Gasteiger partial charge in [0.1, 0.15) is 0 Å². The molecule has 0 fully saturated rings. The number of benzene rings is 1. The molecule has 0 aliphatic rings. The second kappa shape index (κ2) is 13.9. The SMILES string of the molecule is COc1cccc(CNCCCCCCCCCCCn2c(=O)c3c(ncn3C)n(C)c2=O)c1OC. The van der Waals surface area contributed by atoms with Crippen molar-refractivity contribution in [3.05, 3.63) is 50.9 Å². The fourth-order valence-corrected chi connectivity index (χ4v) is 4.67. The molecule has 0 radical (unpaired) electrons. The van der Waals surface area contributed by atoms with Crippen molar-refractivity contribution in [2.75, 3.05) is 20.8 Å². The Bertz CT molecular complexity index is 1230. The number of fused-ring (bicyclic) bond motifs is 1. The quantitative estimate of drug-likeness (QED) is 0.302. The standard InChI is InChI=1S/C27H41N5O4/c1-30-20-29-25-23(30)26(33)32(27(34)31(25)2)18-13-11-9-7-5-6-8-10-12-17-28-19-21-15-14-16-22(35-3)24(21)36-4/h14-16,20,28H,5-13,17-19H2,1-4H3. The highest BCUT2D eigenvalue weighted by Gasteiger charge is 2.14. The van der Waals surface area contributed by atoms with E-state index in [0.717, 1.165) is 55.8 Å². The maximum Gasteiger partial charge on any atom is 0.332 e. The largest absolute Gasteiger partial charge is 0.493 e. The van der Waals surface area contributed by atoms with Gasteiger partial charge in [-0.15, -0.1) is 0 Å². The number of unbranched alkanes of at least 4 members (excludes halogenated alkanes) is 8. The Morgan fingerprint density at radius 2 is 1.56 bits per heavy atom. The predicted molar refractivity (Wildman–Crippen MR) is 143 cm³/mol. The first-order valence-corrected chi connectivity index (χ1v) is 13.0. The molecule has 0 spiro atoms. The van der Waals surface area contributed by atoms with Gasteiger partial charge in [0.2, 0.25) is 0 Å². The first-order valence-electron chi connectivity index (χ1n) is 13.0. The molecule has 0 saturated heterocycles. The molecular weight excluding hydrogens is 458 g/mol. The molecule has 0 aliphatic heterocycles. The minimum absolute atomic E-state index is 0.245. The molecule has 3 aromatic rings. The second-order valence-corrected chi connectivity index (χ2v) is 9.34. The average Bonchev–Trinajstić information content (AvgIpc) is 3.28. The van der Waals surface area contributed by atoms with Crippen LogP contribution in [0, 0.1) is 0 Å². The van der Waals surface area contributed by atoms with Gasteiger partial charge >= 0.3 is 5.69 Å². The highest BCUT2D eigenvalue weighted by Crippen LogP contribution is 2.30. The van der Waals surface area contributed by atoms with Gasteiger partial charge in [-0.25, -0.2) is 9.78 Å². The van der Waals surface area contributed by atoms with Crippen molar-refractivity contribution in [1.82, 2.24) is 24.0 Å². The van der Waals surface area contributed by atoms with Gasteiger partial charge in [0.05, 0.1) is 20.5 Å². The molecule has 0 amide bonds.